The van der Waals surface area contributed by atoms with E-state index in [0.29, 0.717) is 28.6 Å². The fourth-order valence-corrected chi connectivity index (χ4v) is 3.31. The highest BCUT2D eigenvalue weighted by Gasteiger charge is 2.26. The summed E-state index contributed by atoms with van der Waals surface area (Å²) in [5, 5.41) is 7.83. The number of carbonyl (C=O) groups excluding carboxylic acids is 1. The molecule has 8 heteroatoms. The lowest BCUT2D eigenvalue weighted by Gasteiger charge is -2.31. The molecule has 158 valence electrons. The Bertz CT molecular complexity index is 1030. The smallest absolute Gasteiger partial charge is 0.244 e. The molecule has 30 heavy (non-hydrogen) atoms. The first-order valence-corrected chi connectivity index (χ1v) is 9.98. The fourth-order valence-electron chi connectivity index (χ4n) is 2.97. The number of aromatic nitrogens is 4. The van der Waals surface area contributed by atoms with Crippen molar-refractivity contribution in [3.63, 3.8) is 0 Å². The minimum atomic E-state index is -0.334. The van der Waals surface area contributed by atoms with Crippen LogP contribution in [0.4, 0.5) is 4.39 Å². The summed E-state index contributed by atoms with van der Waals surface area (Å²) >= 11 is 6.47. The maximum absolute atomic E-state index is 13.2. The zero-order chi connectivity index (χ0) is 21.9. The molecule has 1 atom stereocenters. The third-order valence-corrected chi connectivity index (χ3v) is 5.20. The second-order valence-electron chi connectivity index (χ2n) is 8.20. The van der Waals surface area contributed by atoms with E-state index in [1.807, 2.05) is 10.8 Å². The molecule has 6 nitrogen and oxygen atoms in total. The highest BCUT2D eigenvalue weighted by atomic mass is 35.5. The summed E-state index contributed by atoms with van der Waals surface area (Å²) in [6.07, 6.45) is 8.42. The highest BCUT2D eigenvalue weighted by Crippen LogP contribution is 2.25. The number of nitrogens with one attached hydrogen (secondary N) is 1. The van der Waals surface area contributed by atoms with Gasteiger partial charge in [-0.05, 0) is 42.7 Å². The zero-order valence-electron chi connectivity index (χ0n) is 17.4. The van der Waals surface area contributed by atoms with E-state index in [4.69, 9.17) is 11.6 Å². The third-order valence-electron chi connectivity index (χ3n) is 4.84. The van der Waals surface area contributed by atoms with E-state index in [-0.39, 0.29) is 23.2 Å². The summed E-state index contributed by atoms with van der Waals surface area (Å²) in [5.41, 5.74) is 1.80. The average Bonchev–Trinajstić information content (AvgIpc) is 3.28. The molecule has 1 N–H and O–H groups in total. The Morgan fingerprint density at radius 3 is 2.60 bits per heavy atom. The molecule has 3 rings (SSSR count). The maximum atomic E-state index is 13.2. The second-order valence-corrected chi connectivity index (χ2v) is 8.56. The quantitative estimate of drug-likeness (QED) is 0.590. The predicted molar refractivity (Wildman–Crippen MR) is 116 cm³/mol. The molecule has 0 aliphatic heterocycles. The lowest BCUT2D eigenvalue weighted by atomic mass is 9.86. The van der Waals surface area contributed by atoms with Crippen LogP contribution >= 0.6 is 11.6 Å². The number of benzene rings is 1. The molecule has 1 amide bonds. The van der Waals surface area contributed by atoms with Gasteiger partial charge < -0.3 is 9.88 Å². The standard InChI is InChI=1S/C22H25ClFN5O/c1-15-18(21(23)29(27-15)17-7-5-16(24)6-8-17)9-10-20(30)26-19(22(2,3)4)13-28-12-11-25-14-28/h5-12,14,19H,13H2,1-4H3,(H,26,30)/b10-9+. The molecule has 0 saturated heterocycles. The van der Waals surface area contributed by atoms with Crippen LogP contribution in [0.2, 0.25) is 5.15 Å². The Balaban J connectivity index is 1.76. The van der Waals surface area contributed by atoms with E-state index in [0.717, 1.165) is 0 Å². The van der Waals surface area contributed by atoms with Crippen molar-refractivity contribution in [2.45, 2.75) is 40.3 Å². The third kappa shape index (κ3) is 5.16. The van der Waals surface area contributed by atoms with Crippen molar-refractivity contribution in [3.8, 4) is 5.69 Å². The van der Waals surface area contributed by atoms with Crippen molar-refractivity contribution in [3.05, 3.63) is 71.3 Å². The van der Waals surface area contributed by atoms with Gasteiger partial charge in [0.15, 0.2) is 0 Å². The molecule has 0 radical (unpaired) electrons. The van der Waals surface area contributed by atoms with Gasteiger partial charge in [0, 0.05) is 30.6 Å². The number of hydrogen-bond donors (Lipinski definition) is 1. The first kappa shape index (κ1) is 21.8. The van der Waals surface area contributed by atoms with E-state index < -0.39 is 0 Å². The van der Waals surface area contributed by atoms with Crippen LogP contribution in [-0.2, 0) is 11.3 Å². The van der Waals surface area contributed by atoms with Gasteiger partial charge in [-0.2, -0.15) is 5.10 Å². The number of aryl methyl sites for hydroxylation is 1. The van der Waals surface area contributed by atoms with E-state index >= 15 is 0 Å². The van der Waals surface area contributed by atoms with E-state index in [2.05, 4.69) is 36.2 Å². The number of rotatable bonds is 6. The summed E-state index contributed by atoms with van der Waals surface area (Å²) in [5.74, 6) is -0.556. The molecular weight excluding hydrogens is 405 g/mol. The predicted octanol–water partition coefficient (Wildman–Crippen LogP) is 4.41. The van der Waals surface area contributed by atoms with Crippen LogP contribution < -0.4 is 5.32 Å². The summed E-state index contributed by atoms with van der Waals surface area (Å²) in [6.45, 7) is 8.65. The summed E-state index contributed by atoms with van der Waals surface area (Å²) in [4.78, 5) is 16.7. The van der Waals surface area contributed by atoms with Crippen LogP contribution in [0.3, 0.4) is 0 Å². The molecule has 0 aliphatic carbocycles. The van der Waals surface area contributed by atoms with Crippen molar-refractivity contribution in [1.82, 2.24) is 24.6 Å². The van der Waals surface area contributed by atoms with Crippen LogP contribution in [-0.4, -0.2) is 31.3 Å². The Labute approximate surface area is 180 Å². The van der Waals surface area contributed by atoms with Crippen molar-refractivity contribution >= 4 is 23.6 Å². The van der Waals surface area contributed by atoms with Gasteiger partial charge in [0.2, 0.25) is 5.91 Å². The fraction of sp³-hybridized carbons (Fsp3) is 0.318. The first-order valence-electron chi connectivity index (χ1n) is 9.60. The molecule has 1 aromatic carbocycles. The number of amides is 1. The van der Waals surface area contributed by atoms with Crippen LogP contribution in [0.25, 0.3) is 11.8 Å². The van der Waals surface area contributed by atoms with Crippen LogP contribution in [0.5, 0.6) is 0 Å². The van der Waals surface area contributed by atoms with Crippen LogP contribution in [0.15, 0.2) is 49.1 Å². The van der Waals surface area contributed by atoms with E-state index in [1.165, 1.54) is 22.9 Å². The van der Waals surface area contributed by atoms with Crippen molar-refractivity contribution in [1.29, 1.82) is 0 Å². The Morgan fingerprint density at radius 2 is 2.00 bits per heavy atom. The SMILES string of the molecule is Cc1nn(-c2ccc(F)cc2)c(Cl)c1/C=C/C(=O)NC(Cn1ccnc1)C(C)(C)C. The molecule has 0 fully saturated rings. The van der Waals surface area contributed by atoms with Gasteiger partial charge in [-0.1, -0.05) is 32.4 Å². The molecule has 3 aromatic rings. The average molecular weight is 430 g/mol. The number of carbonyl (C=O) groups is 1. The molecule has 2 heterocycles. The maximum Gasteiger partial charge on any atom is 0.244 e. The van der Waals surface area contributed by atoms with Crippen molar-refractivity contribution in [2.24, 2.45) is 5.41 Å². The van der Waals surface area contributed by atoms with Crippen LogP contribution in [0, 0.1) is 18.2 Å². The van der Waals surface area contributed by atoms with Crippen molar-refractivity contribution < 1.29 is 9.18 Å². The summed E-state index contributed by atoms with van der Waals surface area (Å²) in [6, 6.07) is 5.79. The molecule has 0 spiro atoms. The minimum absolute atomic E-state index is 0.0950. The summed E-state index contributed by atoms with van der Waals surface area (Å²) in [7, 11) is 0. The van der Waals surface area contributed by atoms with E-state index in [1.54, 1.807) is 37.7 Å². The van der Waals surface area contributed by atoms with Gasteiger partial charge in [-0.15, -0.1) is 0 Å². The number of imidazole rings is 1. The van der Waals surface area contributed by atoms with Crippen molar-refractivity contribution in [2.75, 3.05) is 0 Å². The highest BCUT2D eigenvalue weighted by molar-refractivity contribution is 6.31. The minimum Gasteiger partial charge on any atom is -0.347 e. The lowest BCUT2D eigenvalue weighted by Crippen LogP contribution is -2.45. The normalized spacial score (nSPS) is 13.0. The van der Waals surface area contributed by atoms with Gasteiger partial charge in [0.25, 0.3) is 0 Å². The molecule has 0 aliphatic rings. The van der Waals surface area contributed by atoms with Gasteiger partial charge in [0.05, 0.1) is 23.8 Å². The first-order chi connectivity index (χ1) is 14.1. The monoisotopic (exact) mass is 429 g/mol. The molecule has 2 aromatic heterocycles. The zero-order valence-corrected chi connectivity index (χ0v) is 18.2. The molecular formula is C22H25ClFN5O. The topological polar surface area (TPSA) is 64.7 Å². The van der Waals surface area contributed by atoms with Gasteiger partial charge in [-0.25, -0.2) is 14.1 Å². The largest absolute Gasteiger partial charge is 0.347 e. The second kappa shape index (κ2) is 8.83. The van der Waals surface area contributed by atoms with Gasteiger partial charge >= 0.3 is 0 Å². The van der Waals surface area contributed by atoms with Gasteiger partial charge in [-0.3, -0.25) is 4.79 Å². The molecule has 1 unspecified atom stereocenters. The lowest BCUT2D eigenvalue weighted by molar-refractivity contribution is -0.118. The Morgan fingerprint density at radius 1 is 1.30 bits per heavy atom. The Hall–Kier alpha value is -2.93. The van der Waals surface area contributed by atoms with Gasteiger partial charge in [0.1, 0.15) is 11.0 Å². The summed E-state index contributed by atoms with van der Waals surface area (Å²) < 4.78 is 16.6. The van der Waals surface area contributed by atoms with Crippen LogP contribution in [0.1, 0.15) is 32.0 Å². The Kier molecular flexibility index (Phi) is 6.41. The number of hydrogen-bond acceptors (Lipinski definition) is 3. The molecule has 0 bridgehead atoms. The molecule has 0 saturated carbocycles. The number of nitrogens with zero attached hydrogens (tertiary/aromatic N) is 4. The number of halogens is 2. The van der Waals surface area contributed by atoms with E-state index in [9.17, 15) is 9.18 Å².